The van der Waals surface area contributed by atoms with Crippen molar-refractivity contribution in [3.05, 3.63) is 0 Å². The third-order valence-corrected chi connectivity index (χ3v) is 3.34. The lowest BCUT2D eigenvalue weighted by Gasteiger charge is -2.32. The number of ketones is 1. The molecule has 1 amide bonds. The zero-order valence-electron chi connectivity index (χ0n) is 11.1. The number of hydrogen-bond acceptors (Lipinski definition) is 3. The van der Waals surface area contributed by atoms with E-state index in [0.29, 0.717) is 38.3 Å². The smallest absolute Gasteiger partial charge is 0.222 e. The minimum atomic E-state index is 0.0467. The van der Waals surface area contributed by atoms with Crippen LogP contribution in [0.3, 0.4) is 0 Å². The number of carbonyl (C=O) groups excluding carboxylic acids is 2. The first-order chi connectivity index (χ1) is 8.08. The van der Waals surface area contributed by atoms with Gasteiger partial charge in [0.15, 0.2) is 0 Å². The molecule has 0 aromatic carbocycles. The van der Waals surface area contributed by atoms with Gasteiger partial charge in [-0.15, -0.1) is 0 Å². The summed E-state index contributed by atoms with van der Waals surface area (Å²) < 4.78 is 5.03. The monoisotopic (exact) mass is 241 g/mol. The van der Waals surface area contributed by atoms with Crippen LogP contribution in [0.5, 0.6) is 0 Å². The Hall–Kier alpha value is -0.900. The highest BCUT2D eigenvalue weighted by molar-refractivity contribution is 5.85. The van der Waals surface area contributed by atoms with Crippen molar-refractivity contribution in [1.82, 2.24) is 4.90 Å². The van der Waals surface area contributed by atoms with E-state index in [1.165, 1.54) is 0 Å². The van der Waals surface area contributed by atoms with Crippen LogP contribution < -0.4 is 0 Å². The van der Waals surface area contributed by atoms with Crippen molar-refractivity contribution in [2.45, 2.75) is 33.1 Å². The normalized spacial score (nSPS) is 22.6. The summed E-state index contributed by atoms with van der Waals surface area (Å²) in [5, 5.41) is 0. The molecule has 1 saturated heterocycles. The number of hydrogen-bond donors (Lipinski definition) is 0. The van der Waals surface area contributed by atoms with Crippen molar-refractivity contribution in [2.75, 3.05) is 26.8 Å². The Morgan fingerprint density at radius 1 is 1.59 bits per heavy atom. The van der Waals surface area contributed by atoms with Crippen molar-refractivity contribution >= 4 is 11.7 Å². The highest BCUT2D eigenvalue weighted by Crippen LogP contribution is 2.18. The van der Waals surface area contributed by atoms with E-state index in [4.69, 9.17) is 4.74 Å². The Balaban J connectivity index is 2.44. The van der Waals surface area contributed by atoms with Crippen LogP contribution in [0.4, 0.5) is 0 Å². The van der Waals surface area contributed by atoms with E-state index in [-0.39, 0.29) is 17.7 Å². The lowest BCUT2D eigenvalue weighted by atomic mass is 9.93. The van der Waals surface area contributed by atoms with Gasteiger partial charge in [0.05, 0.1) is 0 Å². The van der Waals surface area contributed by atoms with Crippen LogP contribution in [0.1, 0.15) is 33.1 Å². The standard InChI is InChI=1S/C13H23NO3/c1-4-11-8-14(6-5-12(11)15)13(16)7-10(2)9-17-3/h10-11H,4-9H2,1-3H3. The number of nitrogens with zero attached hydrogens (tertiary/aromatic N) is 1. The number of amides is 1. The van der Waals surface area contributed by atoms with Crippen LogP contribution >= 0.6 is 0 Å². The summed E-state index contributed by atoms with van der Waals surface area (Å²) in [5.74, 6) is 0.748. The topological polar surface area (TPSA) is 46.6 Å². The number of methoxy groups -OCH3 is 1. The Labute approximate surface area is 103 Å². The second-order valence-corrected chi connectivity index (χ2v) is 4.93. The molecule has 0 spiro atoms. The zero-order chi connectivity index (χ0) is 12.8. The van der Waals surface area contributed by atoms with E-state index in [2.05, 4.69) is 0 Å². The van der Waals surface area contributed by atoms with Gasteiger partial charge in [-0.25, -0.2) is 0 Å². The molecule has 1 fully saturated rings. The van der Waals surface area contributed by atoms with Crippen molar-refractivity contribution < 1.29 is 14.3 Å². The van der Waals surface area contributed by atoms with E-state index in [9.17, 15) is 9.59 Å². The fraction of sp³-hybridized carbons (Fsp3) is 0.846. The Kier molecular flexibility index (Phi) is 5.62. The number of piperidine rings is 1. The van der Waals surface area contributed by atoms with Crippen molar-refractivity contribution in [3.8, 4) is 0 Å². The van der Waals surface area contributed by atoms with E-state index in [0.717, 1.165) is 6.42 Å². The number of rotatable bonds is 5. The summed E-state index contributed by atoms with van der Waals surface area (Å²) in [5.41, 5.74) is 0. The quantitative estimate of drug-likeness (QED) is 0.732. The Morgan fingerprint density at radius 2 is 2.29 bits per heavy atom. The van der Waals surface area contributed by atoms with Gasteiger partial charge in [-0.2, -0.15) is 0 Å². The first-order valence-electron chi connectivity index (χ1n) is 6.37. The molecule has 0 radical (unpaired) electrons. The summed E-state index contributed by atoms with van der Waals surface area (Å²) in [6.07, 6.45) is 1.86. The number of ether oxygens (including phenoxy) is 1. The highest BCUT2D eigenvalue weighted by Gasteiger charge is 2.28. The second kappa shape index (κ2) is 6.74. The molecular weight excluding hydrogens is 218 g/mol. The second-order valence-electron chi connectivity index (χ2n) is 4.93. The van der Waals surface area contributed by atoms with Gasteiger partial charge in [0.2, 0.25) is 5.91 Å². The van der Waals surface area contributed by atoms with Gasteiger partial charge in [-0.3, -0.25) is 9.59 Å². The lowest BCUT2D eigenvalue weighted by Crippen LogP contribution is -2.44. The predicted molar refractivity (Wildman–Crippen MR) is 65.6 cm³/mol. The number of likely N-dealkylation sites (tertiary alicyclic amines) is 1. The molecule has 2 unspecified atom stereocenters. The Morgan fingerprint density at radius 3 is 2.88 bits per heavy atom. The molecule has 4 nitrogen and oxygen atoms in total. The maximum atomic E-state index is 12.0. The third-order valence-electron chi connectivity index (χ3n) is 3.34. The van der Waals surface area contributed by atoms with Crippen LogP contribution in [0, 0.1) is 11.8 Å². The minimum Gasteiger partial charge on any atom is -0.384 e. The first-order valence-corrected chi connectivity index (χ1v) is 6.37. The van der Waals surface area contributed by atoms with E-state index in [1.807, 2.05) is 18.7 Å². The number of carbonyl (C=O) groups is 2. The molecule has 98 valence electrons. The molecule has 1 aliphatic rings. The molecule has 0 N–H and O–H groups in total. The first kappa shape index (κ1) is 14.2. The third kappa shape index (κ3) is 4.11. The van der Waals surface area contributed by atoms with Crippen LogP contribution in [0.2, 0.25) is 0 Å². The summed E-state index contributed by atoms with van der Waals surface area (Å²) in [6, 6.07) is 0. The molecule has 4 heteroatoms. The van der Waals surface area contributed by atoms with Gasteiger partial charge >= 0.3 is 0 Å². The van der Waals surface area contributed by atoms with E-state index in [1.54, 1.807) is 7.11 Å². The molecule has 0 bridgehead atoms. The highest BCUT2D eigenvalue weighted by atomic mass is 16.5. The van der Waals surface area contributed by atoms with E-state index >= 15 is 0 Å². The molecule has 2 atom stereocenters. The molecule has 0 saturated carbocycles. The summed E-state index contributed by atoms with van der Waals surface area (Å²) in [7, 11) is 1.65. The maximum absolute atomic E-state index is 12.0. The van der Waals surface area contributed by atoms with Gasteiger partial charge in [-0.05, 0) is 12.3 Å². The summed E-state index contributed by atoms with van der Waals surface area (Å²) in [6.45, 7) is 5.81. The average molecular weight is 241 g/mol. The largest absolute Gasteiger partial charge is 0.384 e. The minimum absolute atomic E-state index is 0.0467. The molecule has 1 aliphatic heterocycles. The molecule has 1 heterocycles. The molecule has 0 aromatic rings. The molecule has 0 aromatic heterocycles. The van der Waals surface area contributed by atoms with Crippen LogP contribution in [0.25, 0.3) is 0 Å². The van der Waals surface area contributed by atoms with Gasteiger partial charge in [-0.1, -0.05) is 13.8 Å². The molecule has 17 heavy (non-hydrogen) atoms. The molecular formula is C13H23NO3. The fourth-order valence-corrected chi connectivity index (χ4v) is 2.26. The van der Waals surface area contributed by atoms with Crippen LogP contribution in [-0.2, 0) is 14.3 Å². The van der Waals surface area contributed by atoms with Gasteiger partial charge in [0.1, 0.15) is 5.78 Å². The summed E-state index contributed by atoms with van der Waals surface area (Å²) >= 11 is 0. The fourth-order valence-electron chi connectivity index (χ4n) is 2.26. The number of Topliss-reactive ketones (excluding diaryl/α,β-unsaturated/α-hetero) is 1. The SMILES string of the molecule is CCC1CN(C(=O)CC(C)COC)CCC1=O. The van der Waals surface area contributed by atoms with Crippen molar-refractivity contribution in [2.24, 2.45) is 11.8 Å². The average Bonchev–Trinajstić information content (AvgIpc) is 2.29. The van der Waals surface area contributed by atoms with Gasteiger partial charge < -0.3 is 9.64 Å². The van der Waals surface area contributed by atoms with Gasteiger partial charge in [0.25, 0.3) is 0 Å². The van der Waals surface area contributed by atoms with Crippen LogP contribution in [0.15, 0.2) is 0 Å². The van der Waals surface area contributed by atoms with Crippen molar-refractivity contribution in [1.29, 1.82) is 0 Å². The summed E-state index contributed by atoms with van der Waals surface area (Å²) in [4.78, 5) is 25.4. The van der Waals surface area contributed by atoms with Crippen molar-refractivity contribution in [3.63, 3.8) is 0 Å². The predicted octanol–water partition coefficient (Wildman–Crippen LogP) is 1.49. The molecule has 0 aliphatic carbocycles. The van der Waals surface area contributed by atoms with E-state index < -0.39 is 0 Å². The van der Waals surface area contributed by atoms with Gasteiger partial charge in [0, 0.05) is 45.6 Å². The Bertz CT molecular complexity index is 278. The molecule has 1 rings (SSSR count). The lowest BCUT2D eigenvalue weighted by molar-refractivity contribution is -0.138. The zero-order valence-corrected chi connectivity index (χ0v) is 11.1. The van der Waals surface area contributed by atoms with Crippen LogP contribution in [-0.4, -0.2) is 43.4 Å². The maximum Gasteiger partial charge on any atom is 0.222 e.